The van der Waals surface area contributed by atoms with Crippen molar-refractivity contribution in [3.63, 3.8) is 0 Å². The average Bonchev–Trinajstić information content (AvgIpc) is 2.53. The molecule has 0 amide bonds. The molecule has 0 radical (unpaired) electrons. The molecule has 0 aromatic heterocycles. The molecular formula is C18H17BrO2. The summed E-state index contributed by atoms with van der Waals surface area (Å²) in [6, 6.07) is 14.0. The lowest BCUT2D eigenvalue weighted by Gasteiger charge is -2.24. The Bertz CT molecular complexity index is 679. The Hall–Kier alpha value is -1.61. The van der Waals surface area contributed by atoms with Gasteiger partial charge in [-0.2, -0.15) is 0 Å². The molecule has 1 aliphatic rings. The lowest BCUT2D eigenvalue weighted by atomic mass is 9.80. The van der Waals surface area contributed by atoms with Crippen LogP contribution in [0.15, 0.2) is 46.9 Å². The van der Waals surface area contributed by atoms with Crippen LogP contribution < -0.4 is 4.74 Å². The van der Waals surface area contributed by atoms with Gasteiger partial charge in [-0.25, -0.2) is 0 Å². The molecule has 3 heteroatoms. The Labute approximate surface area is 133 Å². The second-order valence-corrected chi connectivity index (χ2v) is 6.33. The summed E-state index contributed by atoms with van der Waals surface area (Å²) >= 11 is 3.41. The fourth-order valence-electron chi connectivity index (χ4n) is 3.01. The number of carbonyl (C=O) groups excluding carboxylic acids is 1. The van der Waals surface area contributed by atoms with Crippen LogP contribution in [0.25, 0.3) is 0 Å². The number of ether oxygens (including phenoxy) is 1. The summed E-state index contributed by atoms with van der Waals surface area (Å²) < 4.78 is 6.28. The van der Waals surface area contributed by atoms with Crippen LogP contribution in [0.2, 0.25) is 0 Å². The molecule has 1 aliphatic carbocycles. The zero-order valence-corrected chi connectivity index (χ0v) is 13.5. The highest BCUT2D eigenvalue weighted by Crippen LogP contribution is 2.31. The largest absolute Gasteiger partial charge is 0.496 e. The van der Waals surface area contributed by atoms with E-state index in [1.807, 2.05) is 24.3 Å². The molecule has 1 unspecified atom stereocenters. The number of carbonyl (C=O) groups is 1. The van der Waals surface area contributed by atoms with Gasteiger partial charge < -0.3 is 4.74 Å². The summed E-state index contributed by atoms with van der Waals surface area (Å²) in [6.07, 6.45) is 2.72. The lowest BCUT2D eigenvalue weighted by molar-refractivity contribution is 0.0905. The monoisotopic (exact) mass is 344 g/mol. The molecule has 2 nitrogen and oxygen atoms in total. The second kappa shape index (κ2) is 6.02. The number of Topliss-reactive ketones (excluding diaryl/α,β-unsaturated/α-hetero) is 1. The molecule has 0 aliphatic heterocycles. The third-order valence-corrected chi connectivity index (χ3v) is 4.64. The van der Waals surface area contributed by atoms with Crippen LogP contribution in [0.3, 0.4) is 0 Å². The highest BCUT2D eigenvalue weighted by atomic mass is 79.9. The Kier molecular flexibility index (Phi) is 4.11. The molecule has 3 rings (SSSR count). The van der Waals surface area contributed by atoms with Crippen molar-refractivity contribution in [2.45, 2.75) is 19.3 Å². The average molecular weight is 345 g/mol. The number of halogens is 1. The number of rotatable bonds is 3. The van der Waals surface area contributed by atoms with Crippen LogP contribution >= 0.6 is 15.9 Å². The predicted molar refractivity (Wildman–Crippen MR) is 87.0 cm³/mol. The first kappa shape index (κ1) is 14.3. The summed E-state index contributed by atoms with van der Waals surface area (Å²) in [5.74, 6) is 0.886. The van der Waals surface area contributed by atoms with Gasteiger partial charge in [-0.15, -0.1) is 0 Å². The van der Waals surface area contributed by atoms with Crippen molar-refractivity contribution in [2.75, 3.05) is 7.11 Å². The topological polar surface area (TPSA) is 26.3 Å². The normalized spacial score (nSPS) is 17.1. The summed E-state index contributed by atoms with van der Waals surface area (Å²) in [4.78, 5) is 12.8. The van der Waals surface area contributed by atoms with Crippen molar-refractivity contribution in [3.8, 4) is 5.75 Å². The van der Waals surface area contributed by atoms with Crippen LogP contribution in [0.5, 0.6) is 5.75 Å². The molecular weight excluding hydrogens is 328 g/mol. The molecule has 0 saturated heterocycles. The van der Waals surface area contributed by atoms with Crippen LogP contribution in [-0.4, -0.2) is 12.9 Å². The van der Waals surface area contributed by atoms with Gasteiger partial charge in [0, 0.05) is 10.4 Å². The minimum absolute atomic E-state index is 0.0509. The van der Waals surface area contributed by atoms with Crippen molar-refractivity contribution in [2.24, 2.45) is 5.92 Å². The Morgan fingerprint density at radius 1 is 1.19 bits per heavy atom. The van der Waals surface area contributed by atoms with Crippen LogP contribution in [0, 0.1) is 5.92 Å². The number of hydrogen-bond acceptors (Lipinski definition) is 2. The fraction of sp³-hybridized carbons (Fsp3) is 0.278. The fourth-order valence-corrected chi connectivity index (χ4v) is 3.35. The predicted octanol–water partition coefficient (Wildman–Crippen LogP) is 4.45. The molecule has 0 bridgehead atoms. The SMILES string of the molecule is COc1cc(Br)ccc1C(=O)C1CCc2ccccc2C1. The number of benzene rings is 2. The lowest BCUT2D eigenvalue weighted by Crippen LogP contribution is -2.23. The van der Waals surface area contributed by atoms with Crippen LogP contribution in [0.4, 0.5) is 0 Å². The molecule has 1 atom stereocenters. The molecule has 0 spiro atoms. The Morgan fingerprint density at radius 3 is 2.71 bits per heavy atom. The van der Waals surface area contributed by atoms with Gasteiger partial charge in [-0.3, -0.25) is 4.79 Å². The van der Waals surface area contributed by atoms with Gasteiger partial charge in [-0.05, 0) is 48.6 Å². The summed E-state index contributed by atoms with van der Waals surface area (Å²) in [5.41, 5.74) is 3.37. The van der Waals surface area contributed by atoms with E-state index >= 15 is 0 Å². The minimum atomic E-state index is 0.0509. The summed E-state index contributed by atoms with van der Waals surface area (Å²) in [7, 11) is 1.61. The van der Waals surface area contributed by atoms with Crippen LogP contribution in [-0.2, 0) is 12.8 Å². The number of methoxy groups -OCH3 is 1. The van der Waals surface area contributed by atoms with E-state index < -0.39 is 0 Å². The van der Waals surface area contributed by atoms with Crippen LogP contribution in [0.1, 0.15) is 27.9 Å². The zero-order valence-electron chi connectivity index (χ0n) is 11.9. The van der Waals surface area contributed by atoms with E-state index in [0.29, 0.717) is 11.3 Å². The summed E-state index contributed by atoms with van der Waals surface area (Å²) in [6.45, 7) is 0. The third kappa shape index (κ3) is 2.88. The van der Waals surface area contributed by atoms with Crippen molar-refractivity contribution in [1.82, 2.24) is 0 Å². The quantitative estimate of drug-likeness (QED) is 0.769. The maximum atomic E-state index is 12.8. The van der Waals surface area contributed by atoms with Crippen molar-refractivity contribution >= 4 is 21.7 Å². The van der Waals surface area contributed by atoms with Crippen molar-refractivity contribution in [3.05, 3.63) is 63.6 Å². The minimum Gasteiger partial charge on any atom is -0.496 e. The van der Waals surface area contributed by atoms with E-state index in [2.05, 4.69) is 34.1 Å². The number of ketones is 1. The molecule has 0 heterocycles. The highest BCUT2D eigenvalue weighted by Gasteiger charge is 2.27. The van der Waals surface area contributed by atoms with Gasteiger partial charge in [0.1, 0.15) is 5.75 Å². The van der Waals surface area contributed by atoms with E-state index in [1.54, 1.807) is 7.11 Å². The highest BCUT2D eigenvalue weighted by molar-refractivity contribution is 9.10. The van der Waals surface area contributed by atoms with E-state index in [4.69, 9.17) is 4.74 Å². The molecule has 108 valence electrons. The number of aryl methyl sites for hydroxylation is 1. The molecule has 2 aromatic carbocycles. The maximum Gasteiger partial charge on any atom is 0.170 e. The van der Waals surface area contributed by atoms with Gasteiger partial charge in [0.2, 0.25) is 0 Å². The van der Waals surface area contributed by atoms with Crippen molar-refractivity contribution < 1.29 is 9.53 Å². The van der Waals surface area contributed by atoms with Crippen molar-refractivity contribution in [1.29, 1.82) is 0 Å². The third-order valence-electron chi connectivity index (χ3n) is 4.15. The second-order valence-electron chi connectivity index (χ2n) is 5.42. The zero-order chi connectivity index (χ0) is 14.8. The first-order chi connectivity index (χ1) is 10.2. The number of fused-ring (bicyclic) bond motifs is 1. The van der Waals surface area contributed by atoms with Gasteiger partial charge in [0.15, 0.2) is 5.78 Å². The van der Waals surface area contributed by atoms with Gasteiger partial charge in [0.05, 0.1) is 12.7 Å². The Morgan fingerprint density at radius 2 is 1.95 bits per heavy atom. The van der Waals surface area contributed by atoms with E-state index in [0.717, 1.165) is 23.7 Å². The smallest absolute Gasteiger partial charge is 0.170 e. The standard InChI is InChI=1S/C18H17BrO2/c1-21-17-11-15(19)8-9-16(17)18(20)14-7-6-12-4-2-3-5-13(12)10-14/h2-5,8-9,11,14H,6-7,10H2,1H3. The van der Waals surface area contributed by atoms with Gasteiger partial charge in [0.25, 0.3) is 0 Å². The van der Waals surface area contributed by atoms with Gasteiger partial charge >= 0.3 is 0 Å². The summed E-state index contributed by atoms with van der Waals surface area (Å²) in [5, 5.41) is 0. The first-order valence-corrected chi connectivity index (χ1v) is 7.93. The molecule has 0 N–H and O–H groups in total. The molecule has 21 heavy (non-hydrogen) atoms. The first-order valence-electron chi connectivity index (χ1n) is 7.13. The molecule has 0 fully saturated rings. The van der Waals surface area contributed by atoms with E-state index in [9.17, 15) is 4.79 Å². The maximum absolute atomic E-state index is 12.8. The van der Waals surface area contributed by atoms with E-state index in [-0.39, 0.29) is 11.7 Å². The molecule has 2 aromatic rings. The number of hydrogen-bond donors (Lipinski definition) is 0. The Balaban J connectivity index is 1.87. The van der Waals surface area contributed by atoms with E-state index in [1.165, 1.54) is 11.1 Å². The van der Waals surface area contributed by atoms with Gasteiger partial charge in [-0.1, -0.05) is 40.2 Å². The molecule has 0 saturated carbocycles.